The molecule has 0 spiro atoms. The highest BCUT2D eigenvalue weighted by Gasteiger charge is 2.34. The molecule has 7 nitrogen and oxygen atoms in total. The molecular formula is C22H32F3N3O4. The Morgan fingerprint density at radius 1 is 1.25 bits per heavy atom. The molecule has 2 heterocycles. The number of benzene rings is 1. The third-order valence-corrected chi connectivity index (χ3v) is 5.35. The molecule has 2 fully saturated rings. The van der Waals surface area contributed by atoms with Crippen LogP contribution in [0.5, 0.6) is 5.75 Å². The zero-order valence-electron chi connectivity index (χ0n) is 19.0. The number of alkyl halides is 3. The highest BCUT2D eigenvalue weighted by atomic mass is 19.4. The van der Waals surface area contributed by atoms with Gasteiger partial charge in [0.25, 0.3) is 0 Å². The van der Waals surface area contributed by atoms with Crippen molar-refractivity contribution in [1.82, 2.24) is 15.1 Å². The maximum atomic E-state index is 13.1. The van der Waals surface area contributed by atoms with Gasteiger partial charge in [-0.3, -0.25) is 4.90 Å². The molecule has 0 aromatic heterocycles. The highest BCUT2D eigenvalue weighted by molar-refractivity contribution is 5.68. The van der Waals surface area contributed by atoms with E-state index in [1.54, 1.807) is 17.0 Å². The number of nitrogens with one attached hydrogen (secondary N) is 1. The Kier molecular flexibility index (Phi) is 7.57. The molecule has 0 aliphatic carbocycles. The van der Waals surface area contributed by atoms with Gasteiger partial charge < -0.3 is 24.4 Å². The number of morpholine rings is 1. The summed E-state index contributed by atoms with van der Waals surface area (Å²) >= 11 is 0. The van der Waals surface area contributed by atoms with Crippen LogP contribution in [-0.4, -0.2) is 73.2 Å². The zero-order chi connectivity index (χ0) is 23.5. The van der Waals surface area contributed by atoms with Gasteiger partial charge >= 0.3 is 12.5 Å². The van der Waals surface area contributed by atoms with Crippen LogP contribution in [0.2, 0.25) is 0 Å². The van der Waals surface area contributed by atoms with E-state index in [4.69, 9.17) is 9.47 Å². The molecule has 0 bridgehead atoms. The fourth-order valence-corrected chi connectivity index (χ4v) is 3.91. The Balaban J connectivity index is 1.70. The van der Waals surface area contributed by atoms with Crippen LogP contribution in [-0.2, 0) is 16.0 Å². The number of carbonyl (C=O) groups excluding carboxylic acids is 1. The van der Waals surface area contributed by atoms with Crippen LogP contribution >= 0.6 is 0 Å². The molecule has 1 aromatic rings. The molecular weight excluding hydrogens is 427 g/mol. The van der Waals surface area contributed by atoms with E-state index in [9.17, 15) is 18.0 Å². The molecule has 10 heteroatoms. The van der Waals surface area contributed by atoms with Gasteiger partial charge in [0.1, 0.15) is 11.4 Å². The number of amides is 1. The lowest BCUT2D eigenvalue weighted by atomic mass is 10.0. The Hall–Kier alpha value is -2.04. The van der Waals surface area contributed by atoms with Crippen LogP contribution in [0.15, 0.2) is 18.2 Å². The van der Waals surface area contributed by atoms with Crippen LogP contribution in [0.1, 0.15) is 44.9 Å². The molecule has 1 N–H and O–H groups in total. The maximum absolute atomic E-state index is 13.1. The molecule has 2 aliphatic heterocycles. The summed E-state index contributed by atoms with van der Waals surface area (Å²) in [5.41, 5.74) is 0.493. The van der Waals surface area contributed by atoms with Crippen molar-refractivity contribution in [2.45, 2.75) is 58.3 Å². The van der Waals surface area contributed by atoms with E-state index in [0.717, 1.165) is 0 Å². The summed E-state index contributed by atoms with van der Waals surface area (Å²) in [7, 11) is 0. The van der Waals surface area contributed by atoms with Crippen LogP contribution in [0.3, 0.4) is 0 Å². The zero-order valence-corrected chi connectivity index (χ0v) is 19.0. The topological polar surface area (TPSA) is 63.3 Å². The molecule has 2 saturated heterocycles. The minimum atomic E-state index is -4.79. The number of rotatable bonds is 4. The van der Waals surface area contributed by atoms with Crippen LogP contribution in [0, 0.1) is 0 Å². The molecule has 1 unspecified atom stereocenters. The summed E-state index contributed by atoms with van der Waals surface area (Å²) in [6.07, 6.45) is -5.48. The minimum absolute atomic E-state index is 0.133. The molecule has 0 saturated carbocycles. The molecule has 3 rings (SSSR count). The van der Waals surface area contributed by atoms with Gasteiger partial charge in [0.2, 0.25) is 0 Å². The first-order valence-corrected chi connectivity index (χ1v) is 10.8. The summed E-state index contributed by atoms with van der Waals surface area (Å²) in [4.78, 5) is 16.1. The third kappa shape index (κ3) is 6.98. The highest BCUT2D eigenvalue weighted by Crippen LogP contribution is 2.32. The normalized spacial score (nSPS) is 23.2. The number of piperazine rings is 1. The van der Waals surface area contributed by atoms with E-state index < -0.39 is 12.0 Å². The summed E-state index contributed by atoms with van der Waals surface area (Å²) in [5, 5.41) is 3.17. The largest absolute Gasteiger partial charge is 0.573 e. The number of nitrogens with zero attached hydrogens (tertiary/aromatic N) is 2. The van der Waals surface area contributed by atoms with Crippen molar-refractivity contribution in [3.63, 3.8) is 0 Å². The van der Waals surface area contributed by atoms with E-state index in [1.807, 2.05) is 32.6 Å². The summed E-state index contributed by atoms with van der Waals surface area (Å²) in [5.74, 6) is -0.216. The van der Waals surface area contributed by atoms with Gasteiger partial charge in [-0.1, -0.05) is 12.1 Å². The van der Waals surface area contributed by atoms with Gasteiger partial charge in [-0.25, -0.2) is 4.79 Å². The number of hydrogen-bond acceptors (Lipinski definition) is 6. The quantitative estimate of drug-likeness (QED) is 0.741. The number of ether oxygens (including phenoxy) is 3. The Morgan fingerprint density at radius 2 is 2.00 bits per heavy atom. The smallest absolute Gasteiger partial charge is 0.444 e. The Morgan fingerprint density at radius 3 is 2.59 bits per heavy atom. The van der Waals surface area contributed by atoms with Crippen molar-refractivity contribution in [3.8, 4) is 5.75 Å². The van der Waals surface area contributed by atoms with Crippen LogP contribution in [0.25, 0.3) is 0 Å². The lowest BCUT2D eigenvalue weighted by Gasteiger charge is -2.40. The predicted octanol–water partition coefficient (Wildman–Crippen LogP) is 3.69. The van der Waals surface area contributed by atoms with Gasteiger partial charge in [-0.05, 0) is 39.3 Å². The lowest BCUT2D eigenvalue weighted by molar-refractivity contribution is -0.275. The summed E-state index contributed by atoms with van der Waals surface area (Å²) in [6.45, 7) is 10.8. The molecule has 1 amide bonds. The third-order valence-electron chi connectivity index (χ3n) is 5.35. The standard InChI is InChI=1S/C22H32F3N3O4/c1-15-13-27(8-9-28(15)20(29)32-21(2,3)4)14-17-6-5-16(19-12-26-7-10-30-19)11-18(17)31-22(23,24)25/h5-6,11,15,19,26H,7-10,12-14H2,1-4H3/t15-,19?/m1/s1. The van der Waals surface area contributed by atoms with E-state index >= 15 is 0 Å². The summed E-state index contributed by atoms with van der Waals surface area (Å²) < 4.78 is 54.7. The predicted molar refractivity (Wildman–Crippen MR) is 112 cm³/mol. The second-order valence-electron chi connectivity index (χ2n) is 9.24. The van der Waals surface area contributed by atoms with Crippen LogP contribution < -0.4 is 10.1 Å². The van der Waals surface area contributed by atoms with Gasteiger partial charge in [-0.2, -0.15) is 0 Å². The number of halogens is 3. The molecule has 180 valence electrons. The van der Waals surface area contributed by atoms with Crippen molar-refractivity contribution in [3.05, 3.63) is 29.3 Å². The molecule has 2 aliphatic rings. The lowest BCUT2D eigenvalue weighted by Crippen LogP contribution is -2.54. The van der Waals surface area contributed by atoms with E-state index in [0.29, 0.717) is 50.5 Å². The second kappa shape index (κ2) is 9.84. The maximum Gasteiger partial charge on any atom is 0.573 e. The Bertz CT molecular complexity index is 792. The molecule has 0 radical (unpaired) electrons. The molecule has 32 heavy (non-hydrogen) atoms. The SMILES string of the molecule is C[C@@H]1CN(Cc2ccc(C3CNCCO3)cc2OC(F)(F)F)CCN1C(=O)OC(C)(C)C. The first kappa shape index (κ1) is 24.6. The average molecular weight is 460 g/mol. The van der Waals surface area contributed by atoms with Crippen molar-refractivity contribution in [2.24, 2.45) is 0 Å². The number of carbonyl (C=O) groups is 1. The van der Waals surface area contributed by atoms with E-state index in [1.165, 1.54) is 6.07 Å². The first-order valence-electron chi connectivity index (χ1n) is 10.8. The second-order valence-corrected chi connectivity index (χ2v) is 9.24. The number of hydrogen-bond donors (Lipinski definition) is 1. The van der Waals surface area contributed by atoms with Crippen molar-refractivity contribution < 1.29 is 32.2 Å². The van der Waals surface area contributed by atoms with Crippen molar-refractivity contribution in [1.29, 1.82) is 0 Å². The fourth-order valence-electron chi connectivity index (χ4n) is 3.91. The monoisotopic (exact) mass is 459 g/mol. The Labute approximate surface area is 186 Å². The van der Waals surface area contributed by atoms with Gasteiger partial charge in [0, 0.05) is 50.9 Å². The van der Waals surface area contributed by atoms with Gasteiger partial charge in [-0.15, -0.1) is 13.2 Å². The van der Waals surface area contributed by atoms with Crippen LogP contribution in [0.4, 0.5) is 18.0 Å². The van der Waals surface area contributed by atoms with Gasteiger partial charge in [0.05, 0.1) is 12.7 Å². The molecule has 1 aromatic carbocycles. The van der Waals surface area contributed by atoms with E-state index in [-0.39, 0.29) is 30.5 Å². The summed E-state index contributed by atoms with van der Waals surface area (Å²) in [6, 6.07) is 4.74. The van der Waals surface area contributed by atoms with E-state index in [2.05, 4.69) is 10.1 Å². The van der Waals surface area contributed by atoms with Crippen molar-refractivity contribution in [2.75, 3.05) is 39.3 Å². The fraction of sp³-hybridized carbons (Fsp3) is 0.682. The first-order chi connectivity index (χ1) is 14.9. The molecule has 2 atom stereocenters. The average Bonchev–Trinajstić information content (AvgIpc) is 2.67. The minimum Gasteiger partial charge on any atom is -0.444 e. The van der Waals surface area contributed by atoms with Crippen molar-refractivity contribution >= 4 is 6.09 Å². The van der Waals surface area contributed by atoms with Gasteiger partial charge in [0.15, 0.2) is 0 Å².